The molecule has 1 saturated carbocycles. The SMILES string of the molecule is CN[C@@H]1CCN(c2cc(N)nc(CC3CC3)n2)C1. The molecule has 0 aromatic carbocycles. The van der Waals surface area contributed by atoms with Crippen molar-refractivity contribution in [1.29, 1.82) is 0 Å². The van der Waals surface area contributed by atoms with Crippen LogP contribution in [0.3, 0.4) is 0 Å². The Morgan fingerprint density at radius 1 is 1.39 bits per heavy atom. The van der Waals surface area contributed by atoms with Gasteiger partial charge in [-0.2, -0.15) is 0 Å². The Hall–Kier alpha value is -1.36. The first-order valence-electron chi connectivity index (χ1n) is 6.80. The van der Waals surface area contributed by atoms with Gasteiger partial charge in [0, 0.05) is 31.6 Å². The molecule has 3 N–H and O–H groups in total. The average molecular weight is 247 g/mol. The van der Waals surface area contributed by atoms with Gasteiger partial charge < -0.3 is 16.0 Å². The van der Waals surface area contributed by atoms with Gasteiger partial charge in [-0.1, -0.05) is 0 Å². The van der Waals surface area contributed by atoms with Gasteiger partial charge in [0.05, 0.1) is 0 Å². The predicted octanol–water partition coefficient (Wildman–Crippen LogP) is 0.809. The van der Waals surface area contributed by atoms with Crippen LogP contribution in [0.4, 0.5) is 11.6 Å². The fourth-order valence-electron chi connectivity index (χ4n) is 2.54. The minimum atomic E-state index is 0.563. The van der Waals surface area contributed by atoms with E-state index in [1.807, 2.05) is 13.1 Å². The first-order valence-corrected chi connectivity index (χ1v) is 6.80. The van der Waals surface area contributed by atoms with E-state index < -0.39 is 0 Å². The Balaban J connectivity index is 1.76. The zero-order valence-corrected chi connectivity index (χ0v) is 10.9. The monoisotopic (exact) mass is 247 g/mol. The number of anilines is 2. The first-order chi connectivity index (χ1) is 8.74. The summed E-state index contributed by atoms with van der Waals surface area (Å²) in [6.07, 6.45) is 4.79. The Bertz CT molecular complexity index is 429. The quantitative estimate of drug-likeness (QED) is 0.824. The van der Waals surface area contributed by atoms with Gasteiger partial charge in [0.1, 0.15) is 17.5 Å². The molecular weight excluding hydrogens is 226 g/mol. The molecule has 1 aromatic heterocycles. The highest BCUT2D eigenvalue weighted by Gasteiger charge is 2.25. The molecule has 0 amide bonds. The minimum absolute atomic E-state index is 0.563. The maximum Gasteiger partial charge on any atom is 0.134 e. The van der Waals surface area contributed by atoms with Gasteiger partial charge in [-0.15, -0.1) is 0 Å². The molecule has 18 heavy (non-hydrogen) atoms. The summed E-state index contributed by atoms with van der Waals surface area (Å²) >= 11 is 0. The highest BCUT2D eigenvalue weighted by Crippen LogP contribution is 2.32. The molecule has 2 aliphatic rings. The summed E-state index contributed by atoms with van der Waals surface area (Å²) in [4.78, 5) is 11.3. The number of hydrogen-bond acceptors (Lipinski definition) is 5. The van der Waals surface area contributed by atoms with Crippen LogP contribution in [0.5, 0.6) is 0 Å². The van der Waals surface area contributed by atoms with E-state index in [0.717, 1.165) is 37.1 Å². The molecule has 1 saturated heterocycles. The summed E-state index contributed by atoms with van der Waals surface area (Å²) in [6.45, 7) is 2.06. The van der Waals surface area contributed by atoms with Crippen molar-refractivity contribution in [2.75, 3.05) is 30.8 Å². The lowest BCUT2D eigenvalue weighted by Gasteiger charge is -2.18. The van der Waals surface area contributed by atoms with Crippen LogP contribution in [0.15, 0.2) is 6.07 Å². The molecule has 5 nitrogen and oxygen atoms in total. The number of nitrogens with zero attached hydrogens (tertiary/aromatic N) is 3. The van der Waals surface area contributed by atoms with Crippen molar-refractivity contribution >= 4 is 11.6 Å². The molecule has 98 valence electrons. The molecule has 1 aromatic rings. The molecule has 5 heteroatoms. The zero-order chi connectivity index (χ0) is 12.5. The molecule has 1 atom stereocenters. The maximum absolute atomic E-state index is 5.90. The van der Waals surface area contributed by atoms with E-state index in [2.05, 4.69) is 20.2 Å². The molecule has 2 heterocycles. The fourth-order valence-corrected chi connectivity index (χ4v) is 2.54. The Kier molecular flexibility index (Phi) is 3.07. The lowest BCUT2D eigenvalue weighted by molar-refractivity contribution is 0.616. The second-order valence-corrected chi connectivity index (χ2v) is 5.44. The number of nitrogens with two attached hydrogens (primary N) is 1. The van der Waals surface area contributed by atoms with Crippen LogP contribution in [0, 0.1) is 5.92 Å². The summed E-state index contributed by atoms with van der Waals surface area (Å²) in [5.41, 5.74) is 5.90. The van der Waals surface area contributed by atoms with E-state index in [1.54, 1.807) is 0 Å². The number of nitrogens with one attached hydrogen (secondary N) is 1. The summed E-state index contributed by atoms with van der Waals surface area (Å²) in [7, 11) is 2.01. The van der Waals surface area contributed by atoms with Crippen molar-refractivity contribution < 1.29 is 0 Å². The lowest BCUT2D eigenvalue weighted by atomic mass is 10.3. The summed E-state index contributed by atoms with van der Waals surface area (Å²) in [6, 6.07) is 2.46. The van der Waals surface area contributed by atoms with Crippen LogP contribution in [-0.2, 0) is 6.42 Å². The molecule has 2 fully saturated rings. The zero-order valence-electron chi connectivity index (χ0n) is 10.9. The Morgan fingerprint density at radius 2 is 2.22 bits per heavy atom. The van der Waals surface area contributed by atoms with Crippen LogP contribution in [0.2, 0.25) is 0 Å². The Morgan fingerprint density at radius 3 is 2.89 bits per heavy atom. The number of aromatic nitrogens is 2. The molecule has 1 aliphatic heterocycles. The van der Waals surface area contributed by atoms with Crippen molar-refractivity contribution in [3.05, 3.63) is 11.9 Å². The third-order valence-electron chi connectivity index (χ3n) is 3.87. The average Bonchev–Trinajstić information content (AvgIpc) is 3.03. The molecule has 1 aliphatic carbocycles. The molecule has 0 unspecified atom stereocenters. The second-order valence-electron chi connectivity index (χ2n) is 5.44. The maximum atomic E-state index is 5.90. The first kappa shape index (κ1) is 11.7. The van der Waals surface area contributed by atoms with Gasteiger partial charge >= 0.3 is 0 Å². The normalized spacial score (nSPS) is 23.6. The van der Waals surface area contributed by atoms with Gasteiger partial charge in [-0.25, -0.2) is 9.97 Å². The number of likely N-dealkylation sites (N-methyl/N-ethyl adjacent to an activating group) is 1. The number of rotatable bonds is 4. The van der Waals surface area contributed by atoms with E-state index in [0.29, 0.717) is 11.9 Å². The number of hydrogen-bond donors (Lipinski definition) is 2. The van der Waals surface area contributed by atoms with E-state index in [1.165, 1.54) is 19.3 Å². The van der Waals surface area contributed by atoms with Crippen molar-refractivity contribution in [2.24, 2.45) is 5.92 Å². The van der Waals surface area contributed by atoms with Crippen LogP contribution in [-0.4, -0.2) is 36.1 Å². The summed E-state index contributed by atoms with van der Waals surface area (Å²) in [5, 5.41) is 3.32. The smallest absolute Gasteiger partial charge is 0.134 e. The second kappa shape index (κ2) is 4.72. The van der Waals surface area contributed by atoms with E-state index in [4.69, 9.17) is 5.73 Å². The van der Waals surface area contributed by atoms with Crippen molar-refractivity contribution in [3.8, 4) is 0 Å². The molecule has 0 spiro atoms. The van der Waals surface area contributed by atoms with Crippen LogP contribution >= 0.6 is 0 Å². The summed E-state index contributed by atoms with van der Waals surface area (Å²) in [5.74, 6) is 3.31. The van der Waals surface area contributed by atoms with Crippen LogP contribution in [0.25, 0.3) is 0 Å². The number of nitrogen functional groups attached to an aromatic ring is 1. The fraction of sp³-hybridized carbons (Fsp3) is 0.692. The topological polar surface area (TPSA) is 67.1 Å². The van der Waals surface area contributed by atoms with Crippen molar-refractivity contribution in [1.82, 2.24) is 15.3 Å². The van der Waals surface area contributed by atoms with Gasteiger partial charge in [-0.3, -0.25) is 0 Å². The van der Waals surface area contributed by atoms with Gasteiger partial charge in [0.15, 0.2) is 0 Å². The lowest BCUT2D eigenvalue weighted by Crippen LogP contribution is -2.30. The molecule has 3 rings (SSSR count). The van der Waals surface area contributed by atoms with Gasteiger partial charge in [-0.05, 0) is 32.2 Å². The van der Waals surface area contributed by atoms with E-state index in [9.17, 15) is 0 Å². The minimum Gasteiger partial charge on any atom is -0.384 e. The highest BCUT2D eigenvalue weighted by molar-refractivity contribution is 5.48. The van der Waals surface area contributed by atoms with Crippen LogP contribution in [0.1, 0.15) is 25.1 Å². The van der Waals surface area contributed by atoms with E-state index in [-0.39, 0.29) is 0 Å². The predicted molar refractivity (Wildman–Crippen MR) is 72.6 cm³/mol. The largest absolute Gasteiger partial charge is 0.384 e. The Labute approximate surface area is 108 Å². The van der Waals surface area contributed by atoms with Gasteiger partial charge in [0.25, 0.3) is 0 Å². The highest BCUT2D eigenvalue weighted by atomic mass is 15.2. The molecule has 0 radical (unpaired) electrons. The standard InChI is InChI=1S/C13H21N5/c1-15-10-4-5-18(8-10)13-7-11(14)16-12(17-13)6-9-2-3-9/h7,9-10,15H,2-6,8H2,1H3,(H2,14,16,17)/t10-/m1/s1. The third kappa shape index (κ3) is 2.56. The van der Waals surface area contributed by atoms with E-state index >= 15 is 0 Å². The molecule has 0 bridgehead atoms. The van der Waals surface area contributed by atoms with Crippen molar-refractivity contribution in [2.45, 2.75) is 31.7 Å². The summed E-state index contributed by atoms with van der Waals surface area (Å²) < 4.78 is 0. The third-order valence-corrected chi connectivity index (χ3v) is 3.87. The van der Waals surface area contributed by atoms with Crippen molar-refractivity contribution in [3.63, 3.8) is 0 Å². The molecular formula is C13H21N5. The van der Waals surface area contributed by atoms with Crippen LogP contribution < -0.4 is 16.0 Å². The van der Waals surface area contributed by atoms with Gasteiger partial charge in [0.2, 0.25) is 0 Å².